The summed E-state index contributed by atoms with van der Waals surface area (Å²) in [4.78, 5) is 16.7. The number of nitrogens with two attached hydrogens (primary N) is 1. The van der Waals surface area contributed by atoms with Crippen molar-refractivity contribution >= 4 is 23.1 Å². The number of rotatable bonds is 3. The second-order valence-electron chi connectivity index (χ2n) is 4.21. The summed E-state index contributed by atoms with van der Waals surface area (Å²) in [6.45, 7) is 6.92. The zero-order chi connectivity index (χ0) is 13.2. The molecule has 4 N–H and O–H groups in total. The van der Waals surface area contributed by atoms with Crippen molar-refractivity contribution in [1.82, 2.24) is 10.3 Å². The third-order valence-electron chi connectivity index (χ3n) is 2.28. The summed E-state index contributed by atoms with van der Waals surface area (Å²) >= 11 is 1.32. The summed E-state index contributed by atoms with van der Waals surface area (Å²) in [7, 11) is 0. The number of nitrogens with one attached hydrogen (secondary N) is 1. The number of carbonyl (C=O) groups is 1. The molecular formula is C10H16N4O2S. The summed E-state index contributed by atoms with van der Waals surface area (Å²) in [5.74, 6) is -0.325. The molecule has 17 heavy (non-hydrogen) atoms. The van der Waals surface area contributed by atoms with E-state index in [-0.39, 0.29) is 11.7 Å². The molecule has 0 fully saturated rings. The van der Waals surface area contributed by atoms with Gasteiger partial charge in [-0.25, -0.2) is 4.98 Å². The molecule has 0 aliphatic rings. The van der Waals surface area contributed by atoms with Gasteiger partial charge in [-0.3, -0.25) is 4.79 Å². The first kappa shape index (κ1) is 13.4. The smallest absolute Gasteiger partial charge is 0.264 e. The highest BCUT2D eigenvalue weighted by Crippen LogP contribution is 2.18. The highest BCUT2D eigenvalue weighted by Gasteiger charge is 2.27. The van der Waals surface area contributed by atoms with Crippen molar-refractivity contribution in [2.45, 2.75) is 33.2 Å². The number of thiazole rings is 1. The minimum absolute atomic E-state index is 0.0512. The van der Waals surface area contributed by atoms with E-state index in [1.807, 2.05) is 6.92 Å². The Hall–Kier alpha value is -1.63. The lowest BCUT2D eigenvalue weighted by atomic mass is 10.0. The van der Waals surface area contributed by atoms with Crippen LogP contribution in [0.15, 0.2) is 5.16 Å². The average Bonchev–Trinajstić information content (AvgIpc) is 2.56. The third-order valence-corrected chi connectivity index (χ3v) is 3.36. The molecule has 1 rings (SSSR count). The molecule has 1 amide bonds. The molecular weight excluding hydrogens is 240 g/mol. The van der Waals surface area contributed by atoms with E-state index in [0.29, 0.717) is 10.6 Å². The Kier molecular flexibility index (Phi) is 3.72. The Morgan fingerprint density at radius 1 is 1.53 bits per heavy atom. The maximum atomic E-state index is 12.0. The van der Waals surface area contributed by atoms with Gasteiger partial charge in [0, 0.05) is 0 Å². The van der Waals surface area contributed by atoms with E-state index < -0.39 is 5.54 Å². The van der Waals surface area contributed by atoms with E-state index >= 15 is 0 Å². The number of aromatic nitrogens is 1. The summed E-state index contributed by atoms with van der Waals surface area (Å²) in [5, 5.41) is 15.0. The number of oxime groups is 1. The van der Waals surface area contributed by atoms with E-state index in [2.05, 4.69) is 15.5 Å². The van der Waals surface area contributed by atoms with Gasteiger partial charge in [0.05, 0.1) is 16.2 Å². The van der Waals surface area contributed by atoms with Crippen molar-refractivity contribution in [3.8, 4) is 0 Å². The highest BCUT2D eigenvalue weighted by atomic mass is 32.1. The van der Waals surface area contributed by atoms with Crippen LogP contribution in [0, 0.1) is 13.8 Å². The molecule has 0 aliphatic heterocycles. The van der Waals surface area contributed by atoms with Crippen molar-refractivity contribution in [3.05, 3.63) is 15.6 Å². The van der Waals surface area contributed by atoms with Gasteiger partial charge in [0.15, 0.2) is 5.84 Å². The summed E-state index contributed by atoms with van der Waals surface area (Å²) in [6, 6.07) is 0. The quantitative estimate of drug-likeness (QED) is 0.325. The normalized spacial score (nSPS) is 12.6. The fourth-order valence-corrected chi connectivity index (χ4v) is 2.09. The van der Waals surface area contributed by atoms with Gasteiger partial charge in [-0.1, -0.05) is 5.16 Å². The predicted molar refractivity (Wildman–Crippen MR) is 66.5 cm³/mol. The van der Waals surface area contributed by atoms with Gasteiger partial charge in [-0.05, 0) is 27.7 Å². The largest absolute Gasteiger partial charge is 0.409 e. The van der Waals surface area contributed by atoms with Crippen LogP contribution in [0.1, 0.15) is 34.2 Å². The van der Waals surface area contributed by atoms with E-state index in [9.17, 15) is 4.79 Å². The maximum Gasteiger partial charge on any atom is 0.264 e. The van der Waals surface area contributed by atoms with Crippen LogP contribution in [0.25, 0.3) is 0 Å². The highest BCUT2D eigenvalue weighted by molar-refractivity contribution is 7.13. The fourth-order valence-electron chi connectivity index (χ4n) is 1.27. The predicted octanol–water partition coefficient (Wildman–Crippen LogP) is 1.01. The topological polar surface area (TPSA) is 101 Å². The molecule has 0 spiro atoms. The molecule has 0 aromatic carbocycles. The molecule has 1 heterocycles. The molecule has 0 radical (unpaired) electrons. The number of amides is 1. The van der Waals surface area contributed by atoms with Gasteiger partial charge in [0.25, 0.3) is 5.91 Å². The minimum atomic E-state index is -0.907. The Bertz CT molecular complexity index is 465. The lowest BCUT2D eigenvalue weighted by Crippen LogP contribution is -2.53. The van der Waals surface area contributed by atoms with Crippen LogP contribution in [0.4, 0.5) is 0 Å². The molecule has 0 unspecified atom stereocenters. The lowest BCUT2D eigenvalue weighted by molar-refractivity contribution is 0.0934. The first-order valence-electron chi connectivity index (χ1n) is 5.02. The standard InChI is InChI=1S/C10H16N4O2S/c1-5-7(17-6(2)12-5)8(15)13-10(3,4)9(11)14-16/h16H,1-4H3,(H2,11,14)(H,13,15). The molecule has 0 saturated carbocycles. The van der Waals surface area contributed by atoms with Crippen LogP contribution >= 0.6 is 11.3 Å². The van der Waals surface area contributed by atoms with Crippen LogP contribution in [0.5, 0.6) is 0 Å². The van der Waals surface area contributed by atoms with Gasteiger partial charge in [-0.2, -0.15) is 0 Å². The van der Waals surface area contributed by atoms with Crippen molar-refractivity contribution in [1.29, 1.82) is 0 Å². The lowest BCUT2D eigenvalue weighted by Gasteiger charge is -2.24. The Labute approximate surface area is 104 Å². The fraction of sp³-hybridized carbons (Fsp3) is 0.500. The van der Waals surface area contributed by atoms with Crippen LogP contribution in [0.3, 0.4) is 0 Å². The molecule has 7 heteroatoms. The van der Waals surface area contributed by atoms with Crippen LogP contribution in [-0.4, -0.2) is 27.5 Å². The molecule has 0 bridgehead atoms. The van der Waals surface area contributed by atoms with Gasteiger partial charge in [-0.15, -0.1) is 11.3 Å². The van der Waals surface area contributed by atoms with Crippen molar-refractivity contribution in [2.75, 3.05) is 0 Å². The first-order chi connectivity index (χ1) is 7.77. The third kappa shape index (κ3) is 2.94. The molecule has 1 aromatic rings. The second-order valence-corrected chi connectivity index (χ2v) is 5.41. The van der Waals surface area contributed by atoms with E-state index in [4.69, 9.17) is 10.9 Å². The number of hydrogen-bond donors (Lipinski definition) is 3. The van der Waals surface area contributed by atoms with Crippen LogP contribution in [0.2, 0.25) is 0 Å². The van der Waals surface area contributed by atoms with Crippen molar-refractivity contribution in [2.24, 2.45) is 10.9 Å². The van der Waals surface area contributed by atoms with Gasteiger partial charge < -0.3 is 16.3 Å². The SMILES string of the molecule is Cc1nc(C)c(C(=O)NC(C)(C)C(N)=NO)s1. The maximum absolute atomic E-state index is 12.0. The minimum Gasteiger partial charge on any atom is -0.409 e. The van der Waals surface area contributed by atoms with Gasteiger partial charge in [0.1, 0.15) is 4.88 Å². The summed E-state index contributed by atoms with van der Waals surface area (Å²) in [5.41, 5.74) is 5.27. The first-order valence-corrected chi connectivity index (χ1v) is 5.84. The Morgan fingerprint density at radius 3 is 2.53 bits per heavy atom. The molecule has 0 saturated heterocycles. The van der Waals surface area contributed by atoms with Crippen molar-refractivity contribution < 1.29 is 10.0 Å². The Morgan fingerprint density at radius 2 is 2.12 bits per heavy atom. The molecule has 0 atom stereocenters. The Balaban J connectivity index is 2.90. The summed E-state index contributed by atoms with van der Waals surface area (Å²) < 4.78 is 0. The molecule has 1 aromatic heterocycles. The molecule has 6 nitrogen and oxygen atoms in total. The second kappa shape index (κ2) is 4.70. The number of aryl methyl sites for hydroxylation is 2. The van der Waals surface area contributed by atoms with E-state index in [1.165, 1.54) is 11.3 Å². The van der Waals surface area contributed by atoms with Crippen molar-refractivity contribution in [3.63, 3.8) is 0 Å². The number of carbonyl (C=O) groups excluding carboxylic acids is 1. The zero-order valence-electron chi connectivity index (χ0n) is 10.2. The zero-order valence-corrected chi connectivity index (χ0v) is 11.1. The summed E-state index contributed by atoms with van der Waals surface area (Å²) in [6.07, 6.45) is 0. The average molecular weight is 256 g/mol. The van der Waals surface area contributed by atoms with Gasteiger partial charge in [0.2, 0.25) is 0 Å². The van der Waals surface area contributed by atoms with Crippen LogP contribution in [-0.2, 0) is 0 Å². The van der Waals surface area contributed by atoms with Crippen LogP contribution < -0.4 is 11.1 Å². The van der Waals surface area contributed by atoms with E-state index in [1.54, 1.807) is 20.8 Å². The van der Waals surface area contributed by atoms with E-state index in [0.717, 1.165) is 5.01 Å². The number of amidine groups is 1. The molecule has 0 aliphatic carbocycles. The monoisotopic (exact) mass is 256 g/mol. The number of hydrogen-bond acceptors (Lipinski definition) is 5. The van der Waals surface area contributed by atoms with Gasteiger partial charge >= 0.3 is 0 Å². The number of nitrogens with zero attached hydrogens (tertiary/aromatic N) is 2. The molecule has 94 valence electrons.